The molecule has 0 fully saturated rings. The lowest BCUT2D eigenvalue weighted by molar-refractivity contribution is 0.0984. The van der Waals surface area contributed by atoms with Crippen molar-refractivity contribution in [3.05, 3.63) is 63.3 Å². The number of aryl methyl sites for hydroxylation is 2. The van der Waals surface area contributed by atoms with E-state index >= 15 is 0 Å². The van der Waals surface area contributed by atoms with Crippen molar-refractivity contribution >= 4 is 44.6 Å². The number of halogens is 2. The van der Waals surface area contributed by atoms with Crippen molar-refractivity contribution in [3.8, 4) is 11.3 Å². The van der Waals surface area contributed by atoms with Crippen molar-refractivity contribution in [1.82, 2.24) is 5.16 Å². The van der Waals surface area contributed by atoms with Crippen LogP contribution in [0.4, 0.5) is 5.69 Å². The van der Waals surface area contributed by atoms with Gasteiger partial charge in [-0.15, -0.1) is 0 Å². The Morgan fingerprint density at radius 2 is 1.87 bits per heavy atom. The predicted molar refractivity (Wildman–Crippen MR) is 116 cm³/mol. The lowest BCUT2D eigenvalue weighted by Gasteiger charge is -2.30. The first-order chi connectivity index (χ1) is 14.2. The van der Waals surface area contributed by atoms with Crippen LogP contribution in [0.5, 0.6) is 0 Å². The highest BCUT2D eigenvalue weighted by Gasteiger charge is 2.31. The molecule has 0 bridgehead atoms. The molecule has 2 heterocycles. The van der Waals surface area contributed by atoms with E-state index in [-0.39, 0.29) is 22.1 Å². The topological polar surface area (TPSA) is 80.5 Å². The highest BCUT2D eigenvalue weighted by atomic mass is 35.5. The molecule has 0 radical (unpaired) electrons. The molecule has 2 aromatic carbocycles. The molecule has 6 nitrogen and oxygen atoms in total. The van der Waals surface area contributed by atoms with Crippen LogP contribution in [0.25, 0.3) is 11.3 Å². The zero-order valence-electron chi connectivity index (χ0n) is 16.3. The van der Waals surface area contributed by atoms with Gasteiger partial charge in [0.05, 0.1) is 14.9 Å². The van der Waals surface area contributed by atoms with Crippen LogP contribution in [0.3, 0.4) is 0 Å². The number of hydrogen-bond donors (Lipinski definition) is 0. The summed E-state index contributed by atoms with van der Waals surface area (Å²) < 4.78 is 29.4. The van der Waals surface area contributed by atoms with Gasteiger partial charge in [-0.25, -0.2) is 8.42 Å². The Balaban J connectivity index is 1.85. The van der Waals surface area contributed by atoms with E-state index in [1.54, 1.807) is 48.2 Å². The Kier molecular flexibility index (Phi) is 5.38. The lowest BCUT2D eigenvalue weighted by Crippen LogP contribution is -2.36. The van der Waals surface area contributed by atoms with Gasteiger partial charge in [0.25, 0.3) is 5.91 Å². The Hall–Kier alpha value is -2.35. The molecule has 0 unspecified atom stereocenters. The molecule has 1 aliphatic rings. The van der Waals surface area contributed by atoms with Crippen LogP contribution in [-0.2, 0) is 16.3 Å². The summed E-state index contributed by atoms with van der Waals surface area (Å²) in [5.74, 6) is -0.0104. The molecule has 3 aromatic rings. The maximum atomic E-state index is 13.6. The molecule has 30 heavy (non-hydrogen) atoms. The molecule has 9 heteroatoms. The summed E-state index contributed by atoms with van der Waals surface area (Å²) in [6, 6.07) is 9.91. The summed E-state index contributed by atoms with van der Waals surface area (Å²) in [6.45, 7) is 2.09. The van der Waals surface area contributed by atoms with E-state index in [2.05, 4.69) is 5.16 Å². The van der Waals surface area contributed by atoms with Crippen LogP contribution < -0.4 is 4.90 Å². The van der Waals surface area contributed by atoms with E-state index in [0.29, 0.717) is 33.6 Å². The van der Waals surface area contributed by atoms with Gasteiger partial charge in [0.15, 0.2) is 9.84 Å². The maximum absolute atomic E-state index is 13.6. The first-order valence-electron chi connectivity index (χ1n) is 9.24. The Labute approximate surface area is 184 Å². The second-order valence-corrected chi connectivity index (χ2v) is 10.0. The third kappa shape index (κ3) is 3.62. The number of nitrogens with zero attached hydrogens (tertiary/aromatic N) is 2. The van der Waals surface area contributed by atoms with Crippen LogP contribution in [-0.4, -0.2) is 32.3 Å². The molecule has 1 aromatic heterocycles. The van der Waals surface area contributed by atoms with Gasteiger partial charge in [-0.1, -0.05) is 40.5 Å². The van der Waals surface area contributed by atoms with Gasteiger partial charge in [-0.3, -0.25) is 4.79 Å². The Morgan fingerprint density at radius 1 is 1.17 bits per heavy atom. The summed E-state index contributed by atoms with van der Waals surface area (Å²) in [5, 5.41) is 4.75. The summed E-state index contributed by atoms with van der Waals surface area (Å²) in [4.78, 5) is 15.3. The molecular formula is C21H18Cl2N2O4S. The van der Waals surface area contributed by atoms with E-state index < -0.39 is 9.84 Å². The van der Waals surface area contributed by atoms with Crippen LogP contribution in [0.2, 0.25) is 10.0 Å². The third-order valence-corrected chi connectivity index (χ3v) is 6.87. The fourth-order valence-corrected chi connectivity index (χ4v) is 4.87. The van der Waals surface area contributed by atoms with Crippen LogP contribution in [0.15, 0.2) is 45.8 Å². The average Bonchev–Trinajstić information content (AvgIpc) is 3.06. The van der Waals surface area contributed by atoms with Crippen molar-refractivity contribution < 1.29 is 17.7 Å². The van der Waals surface area contributed by atoms with E-state index in [4.69, 9.17) is 27.7 Å². The van der Waals surface area contributed by atoms with Crippen molar-refractivity contribution in [2.75, 3.05) is 17.7 Å². The number of benzene rings is 2. The normalized spacial score (nSPS) is 13.9. The minimum Gasteiger partial charge on any atom is -0.360 e. The number of fused-ring (bicyclic) bond motifs is 1. The monoisotopic (exact) mass is 464 g/mol. The van der Waals surface area contributed by atoms with Gasteiger partial charge in [-0.05, 0) is 49.6 Å². The number of rotatable bonds is 3. The second kappa shape index (κ2) is 7.72. The fourth-order valence-electron chi connectivity index (χ4n) is 3.65. The van der Waals surface area contributed by atoms with E-state index in [0.717, 1.165) is 24.7 Å². The molecule has 0 saturated heterocycles. The van der Waals surface area contributed by atoms with E-state index in [9.17, 15) is 13.2 Å². The van der Waals surface area contributed by atoms with Crippen LogP contribution in [0.1, 0.15) is 28.1 Å². The first-order valence-corrected chi connectivity index (χ1v) is 11.9. The molecular weight excluding hydrogens is 447 g/mol. The van der Waals surface area contributed by atoms with Crippen molar-refractivity contribution in [2.45, 2.75) is 24.7 Å². The Morgan fingerprint density at radius 3 is 2.53 bits per heavy atom. The number of carbonyl (C=O) groups is 1. The molecule has 0 spiro atoms. The number of hydrogen-bond acceptors (Lipinski definition) is 5. The fraction of sp³-hybridized carbons (Fsp3) is 0.238. The van der Waals surface area contributed by atoms with E-state index in [1.165, 1.54) is 0 Å². The second-order valence-electron chi connectivity index (χ2n) is 7.18. The maximum Gasteiger partial charge on any atom is 0.264 e. The van der Waals surface area contributed by atoms with Gasteiger partial charge >= 0.3 is 0 Å². The van der Waals surface area contributed by atoms with Gasteiger partial charge in [0.2, 0.25) is 0 Å². The van der Waals surface area contributed by atoms with Gasteiger partial charge < -0.3 is 9.42 Å². The minimum absolute atomic E-state index is 0.164. The van der Waals surface area contributed by atoms with Crippen LogP contribution >= 0.6 is 23.2 Å². The van der Waals surface area contributed by atoms with Crippen molar-refractivity contribution in [1.29, 1.82) is 0 Å². The summed E-state index contributed by atoms with van der Waals surface area (Å²) in [6.07, 6.45) is 2.66. The van der Waals surface area contributed by atoms with Gasteiger partial charge in [0, 0.05) is 24.1 Å². The third-order valence-electron chi connectivity index (χ3n) is 5.12. The molecule has 4 rings (SSSR count). The number of carbonyl (C=O) groups excluding carboxylic acids is 1. The molecule has 1 aliphatic heterocycles. The summed E-state index contributed by atoms with van der Waals surface area (Å²) in [7, 11) is -3.41. The quantitative estimate of drug-likeness (QED) is 0.547. The zero-order chi connectivity index (χ0) is 21.6. The number of anilines is 1. The SMILES string of the molecule is Cc1onc(-c2c(Cl)cccc2Cl)c1C(=O)N1CCCc2ccc(S(C)(=O)=O)cc21. The molecule has 0 N–H and O–H groups in total. The largest absolute Gasteiger partial charge is 0.360 e. The highest BCUT2D eigenvalue weighted by Crippen LogP contribution is 2.38. The smallest absolute Gasteiger partial charge is 0.264 e. The minimum atomic E-state index is -3.41. The average molecular weight is 465 g/mol. The standard InChI is InChI=1S/C21H18Cl2N2O4S/c1-12-18(20(24-29-12)19-15(22)6-3-7-16(19)23)21(26)25-10-4-5-13-8-9-14(11-17(13)25)30(2,27)28/h3,6-9,11H,4-5,10H2,1-2H3. The first kappa shape index (κ1) is 20.9. The van der Waals surface area contributed by atoms with Crippen molar-refractivity contribution in [2.24, 2.45) is 0 Å². The summed E-state index contributed by atoms with van der Waals surface area (Å²) in [5.41, 5.74) is 2.42. The summed E-state index contributed by atoms with van der Waals surface area (Å²) >= 11 is 12.7. The number of sulfone groups is 1. The number of amides is 1. The molecule has 1 amide bonds. The van der Waals surface area contributed by atoms with Gasteiger partial charge in [0.1, 0.15) is 17.0 Å². The van der Waals surface area contributed by atoms with E-state index in [1.807, 2.05) is 0 Å². The van der Waals surface area contributed by atoms with Crippen LogP contribution in [0, 0.1) is 6.92 Å². The van der Waals surface area contributed by atoms with Crippen molar-refractivity contribution in [3.63, 3.8) is 0 Å². The predicted octanol–water partition coefficient (Wildman–Crippen LogP) is 4.95. The molecule has 156 valence electrons. The zero-order valence-corrected chi connectivity index (χ0v) is 18.6. The molecule has 0 aliphatic carbocycles. The molecule has 0 atom stereocenters. The Bertz CT molecular complexity index is 1250. The number of aromatic nitrogens is 1. The lowest BCUT2D eigenvalue weighted by atomic mass is 9.99. The highest BCUT2D eigenvalue weighted by molar-refractivity contribution is 7.90. The van der Waals surface area contributed by atoms with Gasteiger partial charge in [-0.2, -0.15) is 0 Å². The molecule has 0 saturated carbocycles.